The fraction of sp³-hybridized carbons (Fsp3) is 0.438. The van der Waals surface area contributed by atoms with Gasteiger partial charge in [0.1, 0.15) is 0 Å². The van der Waals surface area contributed by atoms with Crippen LogP contribution >= 0.6 is 12.2 Å². The molecule has 0 saturated carbocycles. The predicted octanol–water partition coefficient (Wildman–Crippen LogP) is 2.64. The summed E-state index contributed by atoms with van der Waals surface area (Å²) in [5, 5.41) is 6.47. The highest BCUT2D eigenvalue weighted by atomic mass is 32.2. The van der Waals surface area contributed by atoms with Crippen molar-refractivity contribution >= 4 is 33.0 Å². The topological polar surface area (TPSA) is 61.4 Å². The lowest BCUT2D eigenvalue weighted by atomic mass is 10.2. The van der Waals surface area contributed by atoms with Crippen molar-refractivity contribution in [3.8, 4) is 0 Å². The first-order chi connectivity index (χ1) is 10.9. The molecule has 2 rings (SSSR count). The van der Waals surface area contributed by atoms with Crippen LogP contribution < -0.4 is 10.6 Å². The molecule has 1 fully saturated rings. The number of piperidine rings is 1. The van der Waals surface area contributed by atoms with E-state index in [0.717, 1.165) is 24.8 Å². The first kappa shape index (κ1) is 17.9. The summed E-state index contributed by atoms with van der Waals surface area (Å²) in [6, 6.07) is 5.11. The second-order valence-corrected chi connectivity index (χ2v) is 7.91. The molecule has 0 unspecified atom stereocenters. The standard InChI is InChI=1S/C16H23N3O2S2/c1-3-9-17-16(22)18-15-12-14(8-7-13(15)2)23(20,21)19-10-5-4-6-11-19/h3,7-8,12H,1,4-6,9-11H2,2H3,(H2,17,18,22). The van der Waals surface area contributed by atoms with Gasteiger partial charge in [0.05, 0.1) is 4.90 Å². The summed E-state index contributed by atoms with van der Waals surface area (Å²) >= 11 is 5.19. The summed E-state index contributed by atoms with van der Waals surface area (Å²) in [5.41, 5.74) is 1.63. The fourth-order valence-corrected chi connectivity index (χ4v) is 4.22. The number of thiocarbonyl (C=S) groups is 1. The van der Waals surface area contributed by atoms with Crippen LogP contribution in [0, 0.1) is 6.92 Å². The van der Waals surface area contributed by atoms with Crippen molar-refractivity contribution in [2.24, 2.45) is 0 Å². The Morgan fingerprint density at radius 3 is 2.70 bits per heavy atom. The molecule has 23 heavy (non-hydrogen) atoms. The first-order valence-electron chi connectivity index (χ1n) is 7.71. The Kier molecular flexibility index (Phi) is 6.15. The van der Waals surface area contributed by atoms with Crippen LogP contribution in [-0.4, -0.2) is 37.5 Å². The van der Waals surface area contributed by atoms with Gasteiger partial charge in [-0.25, -0.2) is 8.42 Å². The van der Waals surface area contributed by atoms with Crippen LogP contribution in [0.1, 0.15) is 24.8 Å². The van der Waals surface area contributed by atoms with Crippen LogP contribution in [0.25, 0.3) is 0 Å². The fourth-order valence-electron chi connectivity index (χ4n) is 2.48. The molecule has 1 saturated heterocycles. The molecule has 0 atom stereocenters. The second-order valence-electron chi connectivity index (χ2n) is 5.57. The number of hydrogen-bond acceptors (Lipinski definition) is 3. The lowest BCUT2D eigenvalue weighted by molar-refractivity contribution is 0.346. The highest BCUT2D eigenvalue weighted by Crippen LogP contribution is 2.25. The summed E-state index contributed by atoms with van der Waals surface area (Å²) in [5.74, 6) is 0. The molecule has 126 valence electrons. The summed E-state index contributed by atoms with van der Waals surface area (Å²) in [6.45, 7) is 7.28. The molecule has 0 amide bonds. The van der Waals surface area contributed by atoms with Crippen LogP contribution in [-0.2, 0) is 10.0 Å². The molecule has 7 heteroatoms. The average Bonchev–Trinajstić information content (AvgIpc) is 2.55. The van der Waals surface area contributed by atoms with Gasteiger partial charge >= 0.3 is 0 Å². The maximum Gasteiger partial charge on any atom is 0.243 e. The van der Waals surface area contributed by atoms with Gasteiger partial charge in [0, 0.05) is 25.3 Å². The molecule has 1 heterocycles. The number of benzene rings is 1. The van der Waals surface area contributed by atoms with Crippen LogP contribution in [0.3, 0.4) is 0 Å². The minimum Gasteiger partial charge on any atom is -0.359 e. The molecule has 1 aliphatic rings. The van der Waals surface area contributed by atoms with E-state index in [1.807, 2.05) is 6.92 Å². The van der Waals surface area contributed by atoms with Crippen molar-refractivity contribution in [3.05, 3.63) is 36.4 Å². The number of hydrogen-bond donors (Lipinski definition) is 2. The van der Waals surface area contributed by atoms with Gasteiger partial charge in [0.25, 0.3) is 0 Å². The third kappa shape index (κ3) is 4.53. The zero-order valence-corrected chi connectivity index (χ0v) is 15.0. The highest BCUT2D eigenvalue weighted by molar-refractivity contribution is 7.89. The van der Waals surface area contributed by atoms with Crippen molar-refractivity contribution in [3.63, 3.8) is 0 Å². The summed E-state index contributed by atoms with van der Waals surface area (Å²) in [6.07, 6.45) is 4.64. The second kappa shape index (κ2) is 7.90. The van der Waals surface area contributed by atoms with Crippen molar-refractivity contribution in [1.29, 1.82) is 0 Å². The van der Waals surface area contributed by atoms with Gasteiger partial charge in [-0.1, -0.05) is 18.6 Å². The molecule has 2 N–H and O–H groups in total. The maximum atomic E-state index is 12.7. The molecule has 1 aromatic rings. The number of rotatable bonds is 5. The zero-order valence-electron chi connectivity index (χ0n) is 13.3. The molecule has 1 aliphatic heterocycles. The van der Waals surface area contributed by atoms with E-state index in [2.05, 4.69) is 17.2 Å². The van der Waals surface area contributed by atoms with Gasteiger partial charge < -0.3 is 10.6 Å². The van der Waals surface area contributed by atoms with Crippen molar-refractivity contribution in [2.75, 3.05) is 25.0 Å². The predicted molar refractivity (Wildman–Crippen MR) is 98.2 cm³/mol. The third-order valence-corrected chi connectivity index (χ3v) is 5.96. The molecule has 0 aliphatic carbocycles. The lowest BCUT2D eigenvalue weighted by Gasteiger charge is -2.26. The smallest absolute Gasteiger partial charge is 0.243 e. The molecule has 0 spiro atoms. The lowest BCUT2D eigenvalue weighted by Crippen LogP contribution is -2.35. The van der Waals surface area contributed by atoms with Gasteiger partial charge in [-0.05, 0) is 49.7 Å². The van der Waals surface area contributed by atoms with Crippen LogP contribution in [0.5, 0.6) is 0 Å². The Hall–Kier alpha value is -1.44. The Bertz CT molecular complexity index is 681. The summed E-state index contributed by atoms with van der Waals surface area (Å²) in [4.78, 5) is 0.305. The number of aryl methyl sites for hydroxylation is 1. The highest BCUT2D eigenvalue weighted by Gasteiger charge is 2.26. The van der Waals surface area contributed by atoms with E-state index >= 15 is 0 Å². The molecule has 0 bridgehead atoms. The maximum absolute atomic E-state index is 12.7. The molecular weight excluding hydrogens is 330 g/mol. The van der Waals surface area contributed by atoms with Crippen molar-refractivity contribution < 1.29 is 8.42 Å². The van der Waals surface area contributed by atoms with Gasteiger partial charge in [-0.15, -0.1) is 6.58 Å². The van der Waals surface area contributed by atoms with Gasteiger partial charge in [-0.3, -0.25) is 0 Å². The van der Waals surface area contributed by atoms with Crippen LogP contribution in [0.15, 0.2) is 35.7 Å². The Morgan fingerprint density at radius 1 is 1.35 bits per heavy atom. The van der Waals surface area contributed by atoms with Crippen molar-refractivity contribution in [2.45, 2.75) is 31.1 Å². The Labute approximate surface area is 143 Å². The van der Waals surface area contributed by atoms with E-state index in [9.17, 15) is 8.42 Å². The quantitative estimate of drug-likeness (QED) is 0.629. The number of sulfonamides is 1. The SMILES string of the molecule is C=CCNC(=S)Nc1cc(S(=O)(=O)N2CCCCC2)ccc1C. The molecule has 0 radical (unpaired) electrons. The zero-order chi connectivity index (χ0) is 16.9. The molecule has 1 aromatic carbocycles. The van der Waals surface area contributed by atoms with Crippen molar-refractivity contribution in [1.82, 2.24) is 9.62 Å². The largest absolute Gasteiger partial charge is 0.359 e. The Balaban J connectivity index is 2.21. The number of nitrogens with one attached hydrogen (secondary N) is 2. The van der Waals surface area contributed by atoms with Gasteiger partial charge in [-0.2, -0.15) is 4.31 Å². The third-order valence-electron chi connectivity index (χ3n) is 3.82. The van der Waals surface area contributed by atoms with Crippen LogP contribution in [0.2, 0.25) is 0 Å². The van der Waals surface area contributed by atoms with E-state index < -0.39 is 10.0 Å². The van der Waals surface area contributed by atoms with Gasteiger partial charge in [0.15, 0.2) is 5.11 Å². The first-order valence-corrected chi connectivity index (χ1v) is 9.56. The van der Waals surface area contributed by atoms with Crippen LogP contribution in [0.4, 0.5) is 5.69 Å². The van der Waals surface area contributed by atoms with E-state index in [1.165, 1.54) is 0 Å². The summed E-state index contributed by atoms with van der Waals surface area (Å²) < 4.78 is 27.1. The number of anilines is 1. The average molecular weight is 354 g/mol. The van der Waals surface area contributed by atoms with E-state index in [4.69, 9.17) is 12.2 Å². The monoisotopic (exact) mass is 353 g/mol. The van der Waals surface area contributed by atoms with E-state index in [-0.39, 0.29) is 0 Å². The molecule has 5 nitrogen and oxygen atoms in total. The molecular formula is C16H23N3O2S2. The molecule has 0 aromatic heterocycles. The Morgan fingerprint density at radius 2 is 2.04 bits per heavy atom. The van der Waals surface area contributed by atoms with E-state index in [0.29, 0.717) is 35.3 Å². The summed E-state index contributed by atoms with van der Waals surface area (Å²) in [7, 11) is -3.44. The minimum absolute atomic E-state index is 0.305. The number of nitrogens with zero attached hydrogens (tertiary/aromatic N) is 1. The van der Waals surface area contributed by atoms with Gasteiger partial charge in [0.2, 0.25) is 10.0 Å². The normalized spacial score (nSPS) is 15.9. The minimum atomic E-state index is -3.44. The van der Waals surface area contributed by atoms with E-state index in [1.54, 1.807) is 28.6 Å².